The van der Waals surface area contributed by atoms with Gasteiger partial charge in [-0.1, -0.05) is 51.4 Å². The molecule has 0 saturated heterocycles. The highest BCUT2D eigenvalue weighted by Crippen LogP contribution is 2.39. The number of hydrogen-bond acceptors (Lipinski definition) is 2. The summed E-state index contributed by atoms with van der Waals surface area (Å²) >= 11 is 0. The summed E-state index contributed by atoms with van der Waals surface area (Å²) in [6, 6.07) is 0. The Bertz CT molecular complexity index is 147. The number of carbonyl (C=O) groups excluding carboxylic acids is 1. The first kappa shape index (κ1) is 10.5. The SMILES string of the molecule is C1CCC(C2CCCC2)C1.N=C=O. The Kier molecular flexibility index (Phi) is 4.77. The van der Waals surface area contributed by atoms with Gasteiger partial charge in [0.25, 0.3) is 0 Å². The quantitative estimate of drug-likeness (QED) is 0.489. The van der Waals surface area contributed by atoms with Crippen LogP contribution < -0.4 is 0 Å². The van der Waals surface area contributed by atoms with Crippen LogP contribution in [0.25, 0.3) is 0 Å². The molecule has 2 aliphatic rings. The highest BCUT2D eigenvalue weighted by molar-refractivity contribution is 5.26. The fourth-order valence-electron chi connectivity index (χ4n) is 2.86. The highest BCUT2D eigenvalue weighted by atomic mass is 16.1. The zero-order valence-corrected chi connectivity index (χ0v) is 8.22. The van der Waals surface area contributed by atoms with Gasteiger partial charge < -0.3 is 0 Å². The third-order valence-electron chi connectivity index (χ3n) is 3.47. The fourth-order valence-corrected chi connectivity index (χ4v) is 2.86. The van der Waals surface area contributed by atoms with E-state index >= 15 is 0 Å². The Morgan fingerprint density at radius 1 is 0.846 bits per heavy atom. The summed E-state index contributed by atoms with van der Waals surface area (Å²) in [4.78, 5) is 8.35. The minimum absolute atomic E-state index is 0.750. The molecular formula is C11H19NO. The Balaban J connectivity index is 0.000000251. The van der Waals surface area contributed by atoms with E-state index in [1.165, 1.54) is 25.7 Å². The van der Waals surface area contributed by atoms with Crippen molar-refractivity contribution in [2.45, 2.75) is 51.4 Å². The van der Waals surface area contributed by atoms with Crippen LogP contribution in [0.2, 0.25) is 0 Å². The van der Waals surface area contributed by atoms with Crippen molar-refractivity contribution in [3.8, 4) is 0 Å². The molecule has 0 atom stereocenters. The molecule has 0 bridgehead atoms. The second-order valence-corrected chi connectivity index (χ2v) is 4.19. The van der Waals surface area contributed by atoms with Gasteiger partial charge in [-0.25, -0.2) is 10.2 Å². The summed E-state index contributed by atoms with van der Waals surface area (Å²) in [5.41, 5.74) is 0. The Labute approximate surface area is 80.2 Å². The van der Waals surface area contributed by atoms with Crippen LogP contribution in [-0.4, -0.2) is 6.08 Å². The monoisotopic (exact) mass is 181 g/mol. The molecule has 2 fully saturated rings. The van der Waals surface area contributed by atoms with Crippen LogP contribution in [0.5, 0.6) is 0 Å². The molecule has 0 spiro atoms. The van der Waals surface area contributed by atoms with Crippen LogP contribution in [0.4, 0.5) is 0 Å². The molecule has 0 radical (unpaired) electrons. The minimum atomic E-state index is 0.750. The maximum absolute atomic E-state index is 8.35. The van der Waals surface area contributed by atoms with Crippen molar-refractivity contribution in [1.82, 2.24) is 0 Å². The van der Waals surface area contributed by atoms with Crippen molar-refractivity contribution in [3.63, 3.8) is 0 Å². The summed E-state index contributed by atoms with van der Waals surface area (Å²) in [7, 11) is 0. The van der Waals surface area contributed by atoms with Gasteiger partial charge in [0.05, 0.1) is 0 Å². The average Bonchev–Trinajstić information content (AvgIpc) is 2.78. The van der Waals surface area contributed by atoms with Crippen LogP contribution in [-0.2, 0) is 4.79 Å². The lowest BCUT2D eigenvalue weighted by Crippen LogP contribution is -2.06. The largest absolute Gasteiger partial charge is 0.231 e. The first-order valence-electron chi connectivity index (χ1n) is 5.42. The van der Waals surface area contributed by atoms with E-state index in [2.05, 4.69) is 0 Å². The molecule has 74 valence electrons. The van der Waals surface area contributed by atoms with Crippen LogP contribution >= 0.6 is 0 Å². The fraction of sp³-hybridized carbons (Fsp3) is 0.909. The first-order valence-corrected chi connectivity index (χ1v) is 5.42. The Morgan fingerprint density at radius 3 is 1.31 bits per heavy atom. The molecule has 0 aliphatic heterocycles. The smallest absolute Gasteiger partial charge is 0.222 e. The Hall–Kier alpha value is -0.620. The second-order valence-electron chi connectivity index (χ2n) is 4.19. The van der Waals surface area contributed by atoms with Crippen LogP contribution in [0.1, 0.15) is 51.4 Å². The molecule has 2 rings (SSSR count). The molecule has 13 heavy (non-hydrogen) atoms. The highest BCUT2D eigenvalue weighted by Gasteiger charge is 2.26. The molecule has 0 aromatic rings. The summed E-state index contributed by atoms with van der Waals surface area (Å²) in [6.45, 7) is 0. The van der Waals surface area contributed by atoms with Crippen LogP contribution in [0.3, 0.4) is 0 Å². The van der Waals surface area contributed by atoms with Gasteiger partial charge in [0.15, 0.2) is 0 Å². The molecule has 0 unspecified atom stereocenters. The molecule has 0 amide bonds. The molecule has 1 N–H and O–H groups in total. The zero-order chi connectivity index (χ0) is 9.52. The normalized spacial score (nSPS) is 23.7. The van der Waals surface area contributed by atoms with Crippen molar-refractivity contribution in [3.05, 3.63) is 0 Å². The van der Waals surface area contributed by atoms with Crippen molar-refractivity contribution in [2.24, 2.45) is 11.8 Å². The van der Waals surface area contributed by atoms with Crippen molar-refractivity contribution in [1.29, 1.82) is 5.41 Å². The molecule has 2 heteroatoms. The lowest BCUT2D eigenvalue weighted by molar-refractivity contribution is 0.347. The van der Waals surface area contributed by atoms with Gasteiger partial charge in [0.2, 0.25) is 6.08 Å². The molecule has 0 aromatic carbocycles. The third kappa shape index (κ3) is 3.31. The van der Waals surface area contributed by atoms with Gasteiger partial charge >= 0.3 is 0 Å². The zero-order valence-electron chi connectivity index (χ0n) is 8.22. The molecule has 2 nitrogen and oxygen atoms in total. The molecule has 0 aromatic heterocycles. The Morgan fingerprint density at radius 2 is 1.08 bits per heavy atom. The second kappa shape index (κ2) is 5.93. The van der Waals surface area contributed by atoms with E-state index in [4.69, 9.17) is 10.2 Å². The standard InChI is InChI=1S/C10H18.CHNO/c1-2-6-9(5-1)10-7-3-4-8-10;2-1-3/h9-10H,1-8H2;2H. The maximum Gasteiger partial charge on any atom is 0.231 e. The predicted molar refractivity (Wildman–Crippen MR) is 52.3 cm³/mol. The van der Waals surface area contributed by atoms with Gasteiger partial charge in [0.1, 0.15) is 0 Å². The number of rotatable bonds is 1. The van der Waals surface area contributed by atoms with Gasteiger partial charge in [-0.3, -0.25) is 0 Å². The van der Waals surface area contributed by atoms with Crippen LogP contribution in [0, 0.1) is 17.2 Å². The van der Waals surface area contributed by atoms with Gasteiger partial charge in [-0.15, -0.1) is 0 Å². The first-order chi connectivity index (χ1) is 6.38. The van der Waals surface area contributed by atoms with E-state index in [-0.39, 0.29) is 0 Å². The van der Waals surface area contributed by atoms with Crippen molar-refractivity contribution in [2.75, 3.05) is 0 Å². The van der Waals surface area contributed by atoms with Gasteiger partial charge in [0, 0.05) is 0 Å². The summed E-state index contributed by atoms with van der Waals surface area (Å²) in [5.74, 6) is 2.31. The van der Waals surface area contributed by atoms with Crippen molar-refractivity contribution >= 4 is 6.08 Å². The topological polar surface area (TPSA) is 40.9 Å². The number of hydrogen-bond donors (Lipinski definition) is 1. The number of isocyanates is 1. The molecular weight excluding hydrogens is 162 g/mol. The lowest BCUT2D eigenvalue weighted by atomic mass is 9.90. The molecule has 0 heterocycles. The van der Waals surface area contributed by atoms with E-state index in [0.717, 1.165) is 17.9 Å². The summed E-state index contributed by atoms with van der Waals surface area (Å²) in [5, 5.41) is 5.40. The van der Waals surface area contributed by atoms with Crippen LogP contribution in [0.15, 0.2) is 0 Å². The average molecular weight is 181 g/mol. The molecule has 2 aliphatic carbocycles. The van der Waals surface area contributed by atoms with Gasteiger partial charge in [-0.2, -0.15) is 0 Å². The van der Waals surface area contributed by atoms with Crippen molar-refractivity contribution < 1.29 is 4.79 Å². The minimum Gasteiger partial charge on any atom is -0.222 e. The lowest BCUT2D eigenvalue weighted by Gasteiger charge is -2.16. The van der Waals surface area contributed by atoms with E-state index in [0.29, 0.717) is 0 Å². The van der Waals surface area contributed by atoms with E-state index in [1.807, 2.05) is 0 Å². The third-order valence-corrected chi connectivity index (χ3v) is 3.47. The molecule has 2 saturated carbocycles. The summed E-state index contributed by atoms with van der Waals surface area (Å²) < 4.78 is 0. The summed E-state index contributed by atoms with van der Waals surface area (Å²) in [6.07, 6.45) is 13.1. The number of nitrogens with one attached hydrogen (secondary N) is 1. The van der Waals surface area contributed by atoms with E-state index < -0.39 is 0 Å². The van der Waals surface area contributed by atoms with E-state index in [1.54, 1.807) is 25.7 Å². The predicted octanol–water partition coefficient (Wildman–Crippen LogP) is 3.27. The maximum atomic E-state index is 8.35. The van der Waals surface area contributed by atoms with E-state index in [9.17, 15) is 0 Å². The van der Waals surface area contributed by atoms with Gasteiger partial charge in [-0.05, 0) is 11.8 Å².